The first-order valence-electron chi connectivity index (χ1n) is 5.77. The number of anilines is 1. The molecule has 2 rings (SSSR count). The highest BCUT2D eigenvalue weighted by molar-refractivity contribution is 9.10. The van der Waals surface area contributed by atoms with Crippen molar-refractivity contribution in [3.63, 3.8) is 0 Å². The molecule has 19 heavy (non-hydrogen) atoms. The van der Waals surface area contributed by atoms with Crippen LogP contribution in [0.4, 0.5) is 5.69 Å². The normalized spacial score (nSPS) is 11.6. The highest BCUT2D eigenvalue weighted by Gasteiger charge is 2.14. The van der Waals surface area contributed by atoms with Crippen molar-refractivity contribution in [2.24, 2.45) is 0 Å². The largest absolute Gasteiger partial charge is 0.366 e. The molecule has 0 bridgehead atoms. The second kappa shape index (κ2) is 6.29. The maximum absolute atomic E-state index is 12.4. The lowest BCUT2D eigenvalue weighted by Crippen LogP contribution is -2.15. The van der Waals surface area contributed by atoms with Gasteiger partial charge >= 0.3 is 0 Å². The van der Waals surface area contributed by atoms with Gasteiger partial charge in [-0.15, -0.1) is 0 Å². The van der Waals surface area contributed by atoms with Gasteiger partial charge in [0.15, 0.2) is 12.1 Å². The molecule has 0 aliphatic rings. The number of hydrogen-bond donors (Lipinski definition) is 1. The minimum atomic E-state index is -0.516. The molecular weight excluding hydrogens is 306 g/mol. The van der Waals surface area contributed by atoms with Crippen LogP contribution in [0.2, 0.25) is 0 Å². The summed E-state index contributed by atoms with van der Waals surface area (Å²) >= 11 is 3.16. The molecule has 1 N–H and O–H groups in total. The number of nitrogens with one attached hydrogen (secondary N) is 1. The average Bonchev–Trinajstić information content (AvgIpc) is 2.48. The molecule has 0 spiro atoms. The molecule has 0 aromatic heterocycles. The predicted molar refractivity (Wildman–Crippen MR) is 78.7 cm³/mol. The fourth-order valence-corrected chi connectivity index (χ4v) is 1.98. The zero-order valence-electron chi connectivity index (χ0n) is 10.0. The lowest BCUT2D eigenvalue weighted by atomic mass is 10.0. The Kier molecular flexibility index (Phi) is 4.47. The zero-order valence-corrected chi connectivity index (χ0v) is 11.6. The lowest BCUT2D eigenvalue weighted by Gasteiger charge is -2.12. The highest BCUT2D eigenvalue weighted by Crippen LogP contribution is 2.20. The quantitative estimate of drug-likeness (QED) is 0.398. The Morgan fingerprint density at radius 3 is 2.37 bits per heavy atom. The zero-order chi connectivity index (χ0) is 13.7. The minimum absolute atomic E-state index is 0.0747. The number of alkyl halides is 1. The Labute approximate surface area is 119 Å². The van der Waals surface area contributed by atoms with E-state index in [9.17, 15) is 9.59 Å². The number of rotatable bonds is 5. The molecule has 2 aromatic carbocycles. The first-order chi connectivity index (χ1) is 9.22. The van der Waals surface area contributed by atoms with E-state index in [1.54, 1.807) is 30.3 Å². The predicted octanol–water partition coefficient (Wildman–Crippen LogP) is 3.25. The van der Waals surface area contributed by atoms with Crippen LogP contribution in [0.5, 0.6) is 0 Å². The van der Waals surface area contributed by atoms with Crippen molar-refractivity contribution in [2.45, 2.75) is 4.95 Å². The van der Waals surface area contributed by atoms with Gasteiger partial charge in [-0.05, 0) is 12.1 Å². The van der Waals surface area contributed by atoms with Crippen molar-refractivity contribution in [3.05, 3.63) is 65.7 Å². The first kappa shape index (κ1) is 13.5. The molecule has 0 aliphatic heterocycles. The highest BCUT2D eigenvalue weighted by atomic mass is 79.9. The summed E-state index contributed by atoms with van der Waals surface area (Å²) < 4.78 is 0. The molecule has 0 saturated heterocycles. The van der Waals surface area contributed by atoms with Gasteiger partial charge in [0, 0.05) is 16.8 Å². The van der Waals surface area contributed by atoms with Crippen LogP contribution in [-0.4, -0.2) is 17.0 Å². The molecular formula is C15H12BrNO2. The monoisotopic (exact) mass is 317 g/mol. The van der Waals surface area contributed by atoms with Crippen molar-refractivity contribution in [1.29, 1.82) is 0 Å². The summed E-state index contributed by atoms with van der Waals surface area (Å²) in [6, 6.07) is 16.2. The van der Waals surface area contributed by atoms with Crippen LogP contribution < -0.4 is 5.32 Å². The Bertz CT molecular complexity index is 584. The minimum Gasteiger partial charge on any atom is -0.366 e. The van der Waals surface area contributed by atoms with Gasteiger partial charge in [-0.1, -0.05) is 58.4 Å². The topological polar surface area (TPSA) is 46.2 Å². The van der Waals surface area contributed by atoms with Gasteiger partial charge in [-0.2, -0.15) is 0 Å². The number of carbonyl (C=O) groups is 2. The number of carbonyl (C=O) groups excluding carboxylic acids is 2. The van der Waals surface area contributed by atoms with E-state index in [0.29, 0.717) is 16.8 Å². The second-order valence-electron chi connectivity index (χ2n) is 3.92. The maximum Gasteiger partial charge on any atom is 0.195 e. The lowest BCUT2D eigenvalue weighted by molar-refractivity contribution is -0.106. The summed E-state index contributed by atoms with van der Waals surface area (Å²) in [6.45, 7) is 0. The van der Waals surface area contributed by atoms with Gasteiger partial charge in [0.25, 0.3) is 0 Å². The molecule has 1 atom stereocenters. The van der Waals surface area contributed by atoms with Crippen LogP contribution in [0.3, 0.4) is 0 Å². The molecule has 0 radical (unpaired) electrons. The van der Waals surface area contributed by atoms with Crippen molar-refractivity contribution < 1.29 is 9.59 Å². The first-order valence-corrected chi connectivity index (χ1v) is 6.68. The number of hydrogen-bond acceptors (Lipinski definition) is 3. The maximum atomic E-state index is 12.4. The van der Waals surface area contributed by atoms with Crippen LogP contribution in [-0.2, 0) is 4.79 Å². The van der Waals surface area contributed by atoms with Crippen LogP contribution in [0.15, 0.2) is 54.6 Å². The summed E-state index contributed by atoms with van der Waals surface area (Å²) in [5, 5.41) is 2.94. The van der Waals surface area contributed by atoms with Gasteiger partial charge in [0.05, 0.1) is 0 Å². The van der Waals surface area contributed by atoms with Crippen LogP contribution in [0.1, 0.15) is 15.9 Å². The van der Waals surface area contributed by atoms with Gasteiger partial charge in [0.2, 0.25) is 0 Å². The third-order valence-corrected chi connectivity index (χ3v) is 3.07. The molecule has 3 nitrogen and oxygen atoms in total. The van der Waals surface area contributed by atoms with Crippen molar-refractivity contribution in [3.8, 4) is 0 Å². The summed E-state index contributed by atoms with van der Waals surface area (Å²) in [4.78, 5) is 22.5. The van der Waals surface area contributed by atoms with Gasteiger partial charge in [-0.3, -0.25) is 4.79 Å². The molecule has 0 amide bonds. The number of benzene rings is 2. The van der Waals surface area contributed by atoms with Crippen molar-refractivity contribution in [2.75, 3.05) is 5.32 Å². The van der Waals surface area contributed by atoms with E-state index in [0.717, 1.165) is 6.29 Å². The molecule has 0 heterocycles. The Morgan fingerprint density at radius 1 is 1.05 bits per heavy atom. The summed E-state index contributed by atoms with van der Waals surface area (Å²) in [6.07, 6.45) is 0.726. The average molecular weight is 318 g/mol. The van der Waals surface area contributed by atoms with Gasteiger partial charge in [0.1, 0.15) is 4.95 Å². The van der Waals surface area contributed by atoms with E-state index in [1.165, 1.54) is 0 Å². The fraction of sp³-hybridized carbons (Fsp3) is 0.0667. The smallest absolute Gasteiger partial charge is 0.195 e. The number of para-hydroxylation sites is 1. The summed E-state index contributed by atoms with van der Waals surface area (Å²) in [5.41, 5.74) is 1.79. The Hall–Kier alpha value is -1.94. The Morgan fingerprint density at radius 2 is 1.68 bits per heavy atom. The molecule has 4 heteroatoms. The van der Waals surface area contributed by atoms with Gasteiger partial charge < -0.3 is 10.1 Å². The van der Waals surface area contributed by atoms with E-state index in [4.69, 9.17) is 0 Å². The Balaban J connectivity index is 2.34. The molecule has 96 valence electrons. The third kappa shape index (κ3) is 3.29. The summed E-state index contributed by atoms with van der Waals surface area (Å²) in [7, 11) is 0. The molecule has 0 saturated carbocycles. The molecule has 1 unspecified atom stereocenters. The molecule has 2 aromatic rings. The van der Waals surface area contributed by atoms with E-state index in [1.807, 2.05) is 24.3 Å². The number of halogens is 1. The molecule has 0 aliphatic carbocycles. The van der Waals surface area contributed by atoms with E-state index in [-0.39, 0.29) is 5.78 Å². The summed E-state index contributed by atoms with van der Waals surface area (Å²) in [5.74, 6) is -0.0747. The fourth-order valence-electron chi connectivity index (χ4n) is 1.73. The van der Waals surface area contributed by atoms with Gasteiger partial charge in [-0.25, -0.2) is 0 Å². The van der Waals surface area contributed by atoms with Crippen molar-refractivity contribution in [1.82, 2.24) is 0 Å². The van der Waals surface area contributed by atoms with Crippen LogP contribution in [0, 0.1) is 0 Å². The third-order valence-electron chi connectivity index (χ3n) is 2.62. The molecule has 0 fully saturated rings. The second-order valence-corrected chi connectivity index (χ2v) is 4.91. The van der Waals surface area contributed by atoms with E-state index >= 15 is 0 Å². The standard InChI is InChI=1S/C15H12BrNO2/c16-14(10-18)17-13-9-5-4-8-12(13)15(19)11-6-2-1-3-7-11/h1-10,14,17H. The van der Waals surface area contributed by atoms with E-state index < -0.39 is 4.95 Å². The van der Waals surface area contributed by atoms with E-state index in [2.05, 4.69) is 21.2 Å². The van der Waals surface area contributed by atoms with Crippen LogP contribution >= 0.6 is 15.9 Å². The SMILES string of the molecule is O=CC(Br)Nc1ccccc1C(=O)c1ccccc1. The van der Waals surface area contributed by atoms with Crippen molar-refractivity contribution >= 4 is 33.7 Å². The number of aldehydes is 1. The number of ketones is 1. The van der Waals surface area contributed by atoms with Crippen LogP contribution in [0.25, 0.3) is 0 Å².